The molecule has 0 aromatic rings. The van der Waals surface area contributed by atoms with E-state index >= 15 is 0 Å². The van der Waals surface area contributed by atoms with Crippen LogP contribution in [0.4, 0.5) is 0 Å². The second-order valence-corrected chi connectivity index (χ2v) is 5.87. The topological polar surface area (TPSA) is 23.9 Å². The maximum absolute atomic E-state index is 8.19. The molecule has 0 heterocycles. The van der Waals surface area contributed by atoms with Crippen LogP contribution in [0.2, 0.25) is 0 Å². The first kappa shape index (κ1) is 15.4. The molecule has 0 aliphatic rings. The first-order valence-electron chi connectivity index (χ1n) is 6.51. The molecular formula is C15H29N. The van der Waals surface area contributed by atoms with Gasteiger partial charge < -0.3 is 5.41 Å². The first-order chi connectivity index (χ1) is 7.26. The number of hydrogen-bond donors (Lipinski definition) is 1. The molecule has 0 aromatic heterocycles. The van der Waals surface area contributed by atoms with E-state index in [9.17, 15) is 0 Å². The normalized spacial score (nSPS) is 15.4. The summed E-state index contributed by atoms with van der Waals surface area (Å²) in [6, 6.07) is 0. The molecule has 0 bridgehead atoms. The highest BCUT2D eigenvalue weighted by Gasteiger charge is 2.28. The molecule has 0 aliphatic carbocycles. The van der Waals surface area contributed by atoms with Crippen molar-refractivity contribution in [1.82, 2.24) is 0 Å². The van der Waals surface area contributed by atoms with Gasteiger partial charge in [-0.2, -0.15) is 0 Å². The van der Waals surface area contributed by atoms with E-state index in [-0.39, 0.29) is 5.41 Å². The smallest absolute Gasteiger partial charge is 0.0373 e. The maximum Gasteiger partial charge on any atom is 0.0373 e. The quantitative estimate of drug-likeness (QED) is 0.608. The van der Waals surface area contributed by atoms with Crippen molar-refractivity contribution < 1.29 is 0 Å². The van der Waals surface area contributed by atoms with E-state index < -0.39 is 0 Å². The Morgan fingerprint density at radius 2 is 1.75 bits per heavy atom. The lowest BCUT2D eigenvalue weighted by Gasteiger charge is -2.32. The third-order valence-corrected chi connectivity index (χ3v) is 3.44. The molecule has 0 saturated heterocycles. The van der Waals surface area contributed by atoms with Crippen LogP contribution in [-0.4, -0.2) is 5.71 Å². The average Bonchev–Trinajstić information content (AvgIpc) is 2.17. The van der Waals surface area contributed by atoms with Crippen molar-refractivity contribution in [3.63, 3.8) is 0 Å². The van der Waals surface area contributed by atoms with E-state index in [4.69, 9.17) is 5.41 Å². The highest BCUT2D eigenvalue weighted by atomic mass is 14.5. The second kappa shape index (κ2) is 6.22. The van der Waals surface area contributed by atoms with Crippen molar-refractivity contribution >= 4 is 5.71 Å². The van der Waals surface area contributed by atoms with Gasteiger partial charge in [0.25, 0.3) is 0 Å². The third kappa shape index (κ3) is 4.11. The SMILES string of the molecule is C/C=C(\C(=N)C(C)C)C(C)(C)CC(C)CC. The minimum Gasteiger partial charge on any atom is -0.305 e. The predicted molar refractivity (Wildman–Crippen MR) is 74.2 cm³/mol. The van der Waals surface area contributed by atoms with Crippen LogP contribution in [0.1, 0.15) is 61.3 Å². The molecule has 0 aromatic carbocycles. The minimum absolute atomic E-state index is 0.130. The first-order valence-corrected chi connectivity index (χ1v) is 6.51. The Hall–Kier alpha value is -0.590. The second-order valence-electron chi connectivity index (χ2n) is 5.87. The molecule has 0 rings (SSSR count). The van der Waals surface area contributed by atoms with Gasteiger partial charge >= 0.3 is 0 Å². The van der Waals surface area contributed by atoms with Crippen molar-refractivity contribution in [2.75, 3.05) is 0 Å². The summed E-state index contributed by atoms with van der Waals surface area (Å²) < 4.78 is 0. The van der Waals surface area contributed by atoms with E-state index in [2.05, 4.69) is 54.5 Å². The van der Waals surface area contributed by atoms with Crippen molar-refractivity contribution in [1.29, 1.82) is 5.41 Å². The van der Waals surface area contributed by atoms with Gasteiger partial charge in [-0.25, -0.2) is 0 Å². The van der Waals surface area contributed by atoms with Crippen LogP contribution in [-0.2, 0) is 0 Å². The Kier molecular flexibility index (Phi) is 5.99. The average molecular weight is 223 g/mol. The molecule has 0 spiro atoms. The van der Waals surface area contributed by atoms with Crippen molar-refractivity contribution in [2.24, 2.45) is 17.3 Å². The summed E-state index contributed by atoms with van der Waals surface area (Å²) in [7, 11) is 0. The van der Waals surface area contributed by atoms with E-state index in [1.807, 2.05) is 0 Å². The van der Waals surface area contributed by atoms with Crippen LogP contribution in [0.3, 0.4) is 0 Å². The Morgan fingerprint density at radius 1 is 1.25 bits per heavy atom. The Morgan fingerprint density at radius 3 is 2.06 bits per heavy atom. The Balaban J connectivity index is 4.89. The summed E-state index contributed by atoms with van der Waals surface area (Å²) >= 11 is 0. The summed E-state index contributed by atoms with van der Waals surface area (Å²) in [5.41, 5.74) is 2.16. The van der Waals surface area contributed by atoms with Crippen LogP contribution in [0.15, 0.2) is 11.6 Å². The molecule has 1 nitrogen and oxygen atoms in total. The zero-order chi connectivity index (χ0) is 12.9. The number of rotatable bonds is 6. The lowest BCUT2D eigenvalue weighted by atomic mass is 9.73. The van der Waals surface area contributed by atoms with Crippen molar-refractivity contribution in [2.45, 2.75) is 61.3 Å². The summed E-state index contributed by atoms with van der Waals surface area (Å²) in [5.74, 6) is 1.05. The fourth-order valence-corrected chi connectivity index (χ4v) is 2.35. The van der Waals surface area contributed by atoms with Gasteiger partial charge in [0.15, 0.2) is 0 Å². The monoisotopic (exact) mass is 223 g/mol. The van der Waals surface area contributed by atoms with Crippen LogP contribution in [0.25, 0.3) is 0 Å². The number of allylic oxidation sites excluding steroid dienone is 2. The van der Waals surface area contributed by atoms with Gasteiger partial charge in [-0.15, -0.1) is 0 Å². The molecule has 1 N–H and O–H groups in total. The largest absolute Gasteiger partial charge is 0.305 e. The zero-order valence-electron chi connectivity index (χ0n) is 12.1. The number of hydrogen-bond acceptors (Lipinski definition) is 1. The van der Waals surface area contributed by atoms with Crippen LogP contribution >= 0.6 is 0 Å². The van der Waals surface area contributed by atoms with Gasteiger partial charge in [-0.3, -0.25) is 0 Å². The van der Waals surface area contributed by atoms with Crippen LogP contribution in [0.5, 0.6) is 0 Å². The molecule has 0 fully saturated rings. The molecule has 0 radical (unpaired) electrons. The van der Waals surface area contributed by atoms with Crippen molar-refractivity contribution in [3.05, 3.63) is 11.6 Å². The fraction of sp³-hybridized carbons (Fsp3) is 0.800. The van der Waals surface area contributed by atoms with Crippen LogP contribution in [0, 0.1) is 22.7 Å². The molecule has 0 saturated carbocycles. The lowest BCUT2D eigenvalue weighted by Crippen LogP contribution is -2.26. The zero-order valence-corrected chi connectivity index (χ0v) is 12.1. The molecule has 1 unspecified atom stereocenters. The fourth-order valence-electron chi connectivity index (χ4n) is 2.35. The Bertz CT molecular complexity index is 259. The van der Waals surface area contributed by atoms with Gasteiger partial charge in [0.2, 0.25) is 0 Å². The van der Waals surface area contributed by atoms with Gasteiger partial charge in [-0.1, -0.05) is 54.0 Å². The maximum atomic E-state index is 8.19. The molecule has 0 aliphatic heterocycles. The molecule has 94 valence electrons. The summed E-state index contributed by atoms with van der Waals surface area (Å²) in [5, 5.41) is 8.19. The van der Waals surface area contributed by atoms with E-state index in [0.29, 0.717) is 5.92 Å². The van der Waals surface area contributed by atoms with Gasteiger partial charge in [-0.05, 0) is 36.2 Å². The van der Waals surface area contributed by atoms with Crippen molar-refractivity contribution in [3.8, 4) is 0 Å². The standard InChI is InChI=1S/C15H29N/c1-8-12(5)10-15(6,7)13(9-2)14(16)11(3)4/h9,11-12,16H,8,10H2,1-7H3/b13-9+,16-14?. The highest BCUT2D eigenvalue weighted by molar-refractivity contribution is 6.00. The van der Waals surface area contributed by atoms with Crippen LogP contribution < -0.4 is 0 Å². The Labute approximate surface area is 102 Å². The van der Waals surface area contributed by atoms with Gasteiger partial charge in [0.1, 0.15) is 0 Å². The summed E-state index contributed by atoms with van der Waals surface area (Å²) in [6.07, 6.45) is 4.51. The molecule has 16 heavy (non-hydrogen) atoms. The van der Waals surface area contributed by atoms with E-state index in [0.717, 1.165) is 18.1 Å². The van der Waals surface area contributed by atoms with Gasteiger partial charge in [0, 0.05) is 5.71 Å². The number of nitrogens with one attached hydrogen (secondary N) is 1. The minimum atomic E-state index is 0.130. The molecular weight excluding hydrogens is 194 g/mol. The molecule has 1 atom stereocenters. The third-order valence-electron chi connectivity index (χ3n) is 3.44. The van der Waals surface area contributed by atoms with Gasteiger partial charge in [0.05, 0.1) is 0 Å². The predicted octanol–water partition coefficient (Wildman–Crippen LogP) is 5.07. The highest BCUT2D eigenvalue weighted by Crippen LogP contribution is 2.36. The summed E-state index contributed by atoms with van der Waals surface area (Å²) in [6.45, 7) is 15.3. The molecule has 1 heteroatoms. The molecule has 0 amide bonds. The van der Waals surface area contributed by atoms with E-state index in [1.54, 1.807) is 0 Å². The van der Waals surface area contributed by atoms with E-state index in [1.165, 1.54) is 12.0 Å². The summed E-state index contributed by atoms with van der Waals surface area (Å²) in [4.78, 5) is 0. The lowest BCUT2D eigenvalue weighted by molar-refractivity contribution is 0.331.